The van der Waals surface area contributed by atoms with Gasteiger partial charge >= 0.3 is 6.03 Å². The van der Waals surface area contributed by atoms with Gasteiger partial charge in [0, 0.05) is 36.7 Å². The first-order valence-electron chi connectivity index (χ1n) is 10.1. The number of carbonyl (C=O) groups is 3. The van der Waals surface area contributed by atoms with Gasteiger partial charge in [-0.1, -0.05) is 12.8 Å². The van der Waals surface area contributed by atoms with Crippen molar-refractivity contribution in [3.05, 3.63) is 52.6 Å². The normalized spacial score (nSPS) is 17.4. The smallest absolute Gasteiger partial charge is 0.325 e. The Morgan fingerprint density at radius 2 is 1.83 bits per heavy atom. The molecule has 0 unspecified atom stereocenters. The number of hydrogen-bond acceptors (Lipinski definition) is 5. The van der Waals surface area contributed by atoms with E-state index in [-0.39, 0.29) is 30.6 Å². The zero-order chi connectivity index (χ0) is 21.1. The molecule has 0 aromatic carbocycles. The Morgan fingerprint density at radius 1 is 1.10 bits per heavy atom. The number of imide groups is 1. The van der Waals surface area contributed by atoms with Crippen molar-refractivity contribution in [1.82, 2.24) is 25.5 Å². The van der Waals surface area contributed by atoms with Crippen LogP contribution >= 0.6 is 0 Å². The number of amides is 4. The van der Waals surface area contributed by atoms with Crippen LogP contribution < -0.4 is 16.2 Å². The van der Waals surface area contributed by atoms with Gasteiger partial charge in [0.15, 0.2) is 0 Å². The fourth-order valence-electron chi connectivity index (χ4n) is 4.08. The fourth-order valence-corrected chi connectivity index (χ4v) is 4.08. The Hall–Kier alpha value is -3.49. The molecule has 0 radical (unpaired) electrons. The van der Waals surface area contributed by atoms with Crippen molar-refractivity contribution in [3.63, 3.8) is 0 Å². The van der Waals surface area contributed by atoms with Crippen LogP contribution in [0.4, 0.5) is 4.79 Å². The number of nitrogens with zero attached hydrogens (tertiary/aromatic N) is 2. The van der Waals surface area contributed by atoms with E-state index in [1.54, 1.807) is 30.6 Å². The molecule has 30 heavy (non-hydrogen) atoms. The second-order valence-electron chi connectivity index (χ2n) is 7.64. The second kappa shape index (κ2) is 8.10. The van der Waals surface area contributed by atoms with Crippen molar-refractivity contribution in [3.8, 4) is 11.3 Å². The minimum absolute atomic E-state index is 0.00714. The molecule has 9 nitrogen and oxygen atoms in total. The van der Waals surface area contributed by atoms with E-state index in [9.17, 15) is 19.2 Å². The first kappa shape index (κ1) is 19.8. The van der Waals surface area contributed by atoms with Gasteiger partial charge in [0.1, 0.15) is 11.1 Å². The van der Waals surface area contributed by atoms with Crippen molar-refractivity contribution < 1.29 is 14.4 Å². The Morgan fingerprint density at radius 3 is 2.53 bits per heavy atom. The number of carbonyl (C=O) groups excluding carboxylic acids is 3. The van der Waals surface area contributed by atoms with Crippen LogP contribution in [0.2, 0.25) is 0 Å². The molecule has 0 atom stereocenters. The van der Waals surface area contributed by atoms with E-state index in [2.05, 4.69) is 20.6 Å². The van der Waals surface area contributed by atoms with Crippen molar-refractivity contribution in [2.75, 3.05) is 13.1 Å². The van der Waals surface area contributed by atoms with Crippen molar-refractivity contribution in [2.45, 2.75) is 37.6 Å². The van der Waals surface area contributed by atoms with Gasteiger partial charge in [-0.15, -0.1) is 0 Å². The Bertz CT molecular complexity index is 1030. The Balaban J connectivity index is 1.31. The molecule has 3 heterocycles. The monoisotopic (exact) mass is 409 g/mol. The lowest BCUT2D eigenvalue weighted by atomic mass is 9.98. The van der Waals surface area contributed by atoms with Gasteiger partial charge in [-0.3, -0.25) is 24.3 Å². The largest absolute Gasteiger partial charge is 0.352 e. The summed E-state index contributed by atoms with van der Waals surface area (Å²) in [6.45, 7) is 0.471. The highest BCUT2D eigenvalue weighted by atomic mass is 16.2. The van der Waals surface area contributed by atoms with Crippen molar-refractivity contribution in [2.24, 2.45) is 0 Å². The third kappa shape index (κ3) is 3.70. The van der Waals surface area contributed by atoms with Gasteiger partial charge in [-0.25, -0.2) is 4.79 Å². The fraction of sp³-hybridized carbons (Fsp3) is 0.381. The number of aromatic amines is 1. The van der Waals surface area contributed by atoms with E-state index in [4.69, 9.17) is 0 Å². The molecule has 1 aliphatic carbocycles. The average molecular weight is 409 g/mol. The predicted molar refractivity (Wildman–Crippen MR) is 109 cm³/mol. The first-order valence-corrected chi connectivity index (χ1v) is 10.1. The summed E-state index contributed by atoms with van der Waals surface area (Å²) >= 11 is 0. The van der Waals surface area contributed by atoms with Crippen LogP contribution in [0.25, 0.3) is 11.3 Å². The number of urea groups is 1. The summed E-state index contributed by atoms with van der Waals surface area (Å²) in [6, 6.07) is 6.30. The van der Waals surface area contributed by atoms with Crippen LogP contribution in [0.3, 0.4) is 0 Å². The van der Waals surface area contributed by atoms with Crippen LogP contribution in [-0.4, -0.2) is 51.3 Å². The van der Waals surface area contributed by atoms with Gasteiger partial charge in [0.05, 0.1) is 0 Å². The van der Waals surface area contributed by atoms with E-state index in [1.165, 1.54) is 11.0 Å². The maximum Gasteiger partial charge on any atom is 0.325 e. The molecule has 4 rings (SSSR count). The summed E-state index contributed by atoms with van der Waals surface area (Å²) in [4.78, 5) is 57.2. The summed E-state index contributed by atoms with van der Waals surface area (Å²) in [5.74, 6) is -0.665. The molecule has 156 valence electrons. The van der Waals surface area contributed by atoms with Gasteiger partial charge in [0.2, 0.25) is 0 Å². The predicted octanol–water partition coefficient (Wildman–Crippen LogP) is 1.42. The lowest BCUT2D eigenvalue weighted by Gasteiger charge is -2.20. The third-order valence-corrected chi connectivity index (χ3v) is 5.69. The van der Waals surface area contributed by atoms with Crippen LogP contribution in [-0.2, 0) is 4.79 Å². The van der Waals surface area contributed by atoms with Crippen LogP contribution in [0.15, 0.2) is 41.5 Å². The number of nitrogens with one attached hydrogen (secondary N) is 3. The first-order chi connectivity index (χ1) is 14.5. The van der Waals surface area contributed by atoms with Crippen molar-refractivity contribution in [1.29, 1.82) is 0 Å². The number of H-pyrrole nitrogens is 1. The topological polar surface area (TPSA) is 124 Å². The quantitative estimate of drug-likeness (QED) is 0.492. The summed E-state index contributed by atoms with van der Waals surface area (Å²) in [5, 5.41) is 5.51. The number of aromatic nitrogens is 2. The van der Waals surface area contributed by atoms with E-state index >= 15 is 0 Å². The molecular weight excluding hydrogens is 386 g/mol. The van der Waals surface area contributed by atoms with E-state index in [0.717, 1.165) is 18.4 Å². The highest BCUT2D eigenvalue weighted by Gasteiger charge is 2.51. The minimum Gasteiger partial charge on any atom is -0.352 e. The summed E-state index contributed by atoms with van der Waals surface area (Å²) in [5.41, 5.74) is 0.192. The van der Waals surface area contributed by atoms with Crippen LogP contribution in [0.5, 0.6) is 0 Å². The van der Waals surface area contributed by atoms with Crippen LogP contribution in [0, 0.1) is 0 Å². The molecule has 3 N–H and O–H groups in total. The van der Waals surface area contributed by atoms with Gasteiger partial charge in [-0.2, -0.15) is 0 Å². The molecule has 2 aliphatic rings. The summed E-state index contributed by atoms with van der Waals surface area (Å²) < 4.78 is 0. The molecule has 9 heteroatoms. The van der Waals surface area contributed by atoms with Gasteiger partial charge in [0.25, 0.3) is 17.4 Å². The second-order valence-corrected chi connectivity index (χ2v) is 7.64. The van der Waals surface area contributed by atoms with Gasteiger partial charge < -0.3 is 15.6 Å². The number of rotatable bonds is 6. The lowest BCUT2D eigenvalue weighted by molar-refractivity contribution is -0.131. The number of hydrogen-bond donors (Lipinski definition) is 3. The highest BCUT2D eigenvalue weighted by molar-refractivity contribution is 6.07. The molecule has 1 spiro atoms. The van der Waals surface area contributed by atoms with E-state index in [0.29, 0.717) is 25.0 Å². The maximum atomic E-state index is 12.6. The molecule has 1 saturated heterocycles. The third-order valence-electron chi connectivity index (χ3n) is 5.69. The molecular formula is C21H23N5O4. The molecule has 0 bridgehead atoms. The molecule has 1 saturated carbocycles. The zero-order valence-electron chi connectivity index (χ0n) is 16.4. The van der Waals surface area contributed by atoms with Crippen LogP contribution in [0.1, 0.15) is 42.5 Å². The molecule has 4 amide bonds. The summed E-state index contributed by atoms with van der Waals surface area (Å²) in [6.07, 6.45) is 6.89. The van der Waals surface area contributed by atoms with Crippen molar-refractivity contribution >= 4 is 17.8 Å². The Kier molecular flexibility index (Phi) is 5.35. The number of pyridine rings is 2. The molecule has 2 aromatic heterocycles. The minimum atomic E-state index is -0.718. The molecule has 2 aromatic rings. The summed E-state index contributed by atoms with van der Waals surface area (Å²) in [7, 11) is 0. The standard InChI is InChI=1S/C21H23N5O4/c27-17(15-4-5-16(24-18(15)28)14-6-11-22-12-7-14)23-10-3-13-26-19(29)21(25-20(26)30)8-1-2-9-21/h4-7,11-12H,1-3,8-10,13H2,(H,23,27)(H,24,28)(H,25,30). The SMILES string of the molecule is O=C(NCCCN1C(=O)NC2(CCCC2)C1=O)c1ccc(-c2ccncc2)[nH]c1=O. The van der Waals surface area contributed by atoms with E-state index < -0.39 is 17.0 Å². The highest BCUT2D eigenvalue weighted by Crippen LogP contribution is 2.34. The average Bonchev–Trinajstić information content (AvgIpc) is 3.31. The zero-order valence-corrected chi connectivity index (χ0v) is 16.4. The molecule has 1 aliphatic heterocycles. The van der Waals surface area contributed by atoms with E-state index in [1.807, 2.05) is 0 Å². The maximum absolute atomic E-state index is 12.6. The Labute approximate surface area is 172 Å². The van der Waals surface area contributed by atoms with Gasteiger partial charge in [-0.05, 0) is 43.5 Å². The molecule has 2 fully saturated rings. The lowest BCUT2D eigenvalue weighted by Crippen LogP contribution is -2.44.